The number of amides is 2. The first-order valence-corrected chi connectivity index (χ1v) is 10.4. The van der Waals surface area contributed by atoms with Crippen LogP contribution in [0.3, 0.4) is 0 Å². The highest BCUT2D eigenvalue weighted by Crippen LogP contribution is 2.33. The molecule has 0 spiro atoms. The lowest BCUT2D eigenvalue weighted by atomic mass is 9.86. The predicted molar refractivity (Wildman–Crippen MR) is 115 cm³/mol. The van der Waals surface area contributed by atoms with E-state index in [0.717, 1.165) is 61.3 Å². The van der Waals surface area contributed by atoms with E-state index in [4.69, 9.17) is 5.73 Å². The van der Waals surface area contributed by atoms with Crippen molar-refractivity contribution in [3.63, 3.8) is 0 Å². The molecule has 4 rings (SSSR count). The number of nitrogens with zero attached hydrogens (tertiary/aromatic N) is 1. The number of piperidine rings is 1. The summed E-state index contributed by atoms with van der Waals surface area (Å²) in [6, 6.07) is 15.5. The average Bonchev–Trinajstić information content (AvgIpc) is 3.26. The summed E-state index contributed by atoms with van der Waals surface area (Å²) in [6.07, 6.45) is 4.28. The van der Waals surface area contributed by atoms with Crippen LogP contribution in [-0.2, 0) is 21.7 Å². The number of carbonyl (C=O) groups excluding carboxylic acids is 2. The van der Waals surface area contributed by atoms with Gasteiger partial charge in [-0.05, 0) is 67.6 Å². The van der Waals surface area contributed by atoms with Gasteiger partial charge in [0.15, 0.2) is 0 Å². The predicted octanol–water partition coefficient (Wildman–Crippen LogP) is 2.88. The van der Waals surface area contributed by atoms with Crippen molar-refractivity contribution in [2.45, 2.75) is 44.2 Å². The van der Waals surface area contributed by atoms with Crippen LogP contribution in [0.4, 0.5) is 11.4 Å². The zero-order valence-electron chi connectivity index (χ0n) is 16.6. The number of carbonyl (C=O) groups is 2. The summed E-state index contributed by atoms with van der Waals surface area (Å²) < 4.78 is 0. The zero-order chi connectivity index (χ0) is 20.3. The molecule has 29 heavy (non-hydrogen) atoms. The van der Waals surface area contributed by atoms with Gasteiger partial charge in [0.05, 0.1) is 0 Å². The number of hydrogen-bond acceptors (Lipinski definition) is 4. The van der Waals surface area contributed by atoms with Crippen molar-refractivity contribution in [2.24, 2.45) is 5.73 Å². The van der Waals surface area contributed by atoms with Crippen LogP contribution in [0.15, 0.2) is 48.5 Å². The fourth-order valence-corrected chi connectivity index (χ4v) is 4.32. The van der Waals surface area contributed by atoms with Gasteiger partial charge in [0, 0.05) is 30.9 Å². The molecule has 4 N–H and O–H groups in total. The van der Waals surface area contributed by atoms with Crippen LogP contribution in [0.5, 0.6) is 0 Å². The first kappa shape index (κ1) is 19.6. The minimum Gasteiger partial charge on any atom is -0.326 e. The Hall–Kier alpha value is -2.70. The molecular weight excluding hydrogens is 364 g/mol. The molecule has 0 unspecified atom stereocenters. The van der Waals surface area contributed by atoms with E-state index in [9.17, 15) is 9.59 Å². The number of hydrogen-bond donors (Lipinski definition) is 3. The van der Waals surface area contributed by atoms with Crippen LogP contribution < -0.4 is 21.3 Å². The van der Waals surface area contributed by atoms with E-state index in [2.05, 4.69) is 10.6 Å². The lowest BCUT2D eigenvalue weighted by molar-refractivity contribution is -0.122. The molecule has 6 heteroatoms. The Kier molecular flexibility index (Phi) is 5.65. The minimum absolute atomic E-state index is 0.0639. The summed E-state index contributed by atoms with van der Waals surface area (Å²) in [6.45, 7) is 2.01. The third-order valence-electron chi connectivity index (χ3n) is 5.96. The van der Waals surface area contributed by atoms with Crippen molar-refractivity contribution >= 4 is 23.2 Å². The molecule has 2 aromatic carbocycles. The molecule has 0 saturated carbocycles. The summed E-state index contributed by atoms with van der Waals surface area (Å²) in [7, 11) is 0. The molecule has 2 fully saturated rings. The number of benzene rings is 2. The molecule has 2 aliphatic heterocycles. The van der Waals surface area contributed by atoms with Crippen LogP contribution in [0, 0.1) is 0 Å². The normalized spacial score (nSPS) is 22.0. The van der Waals surface area contributed by atoms with E-state index in [1.54, 1.807) is 0 Å². The minimum atomic E-state index is -0.743. The van der Waals surface area contributed by atoms with Crippen molar-refractivity contribution in [1.29, 1.82) is 0 Å². The van der Waals surface area contributed by atoms with E-state index >= 15 is 0 Å². The highest BCUT2D eigenvalue weighted by Gasteiger charge is 2.42. The number of rotatable bonds is 5. The SMILES string of the molecule is NCc1cccc([C@@]2(C(=O)Nc3ccc(N4CCCCC4=O)cc3)CCCN2)c1. The second-order valence-corrected chi connectivity index (χ2v) is 7.84. The summed E-state index contributed by atoms with van der Waals surface area (Å²) in [4.78, 5) is 27.3. The van der Waals surface area contributed by atoms with Gasteiger partial charge in [-0.2, -0.15) is 0 Å². The topological polar surface area (TPSA) is 87.5 Å². The van der Waals surface area contributed by atoms with Crippen LogP contribution >= 0.6 is 0 Å². The van der Waals surface area contributed by atoms with E-state index < -0.39 is 5.54 Å². The van der Waals surface area contributed by atoms with Crippen molar-refractivity contribution in [2.75, 3.05) is 23.3 Å². The van der Waals surface area contributed by atoms with Gasteiger partial charge in [-0.15, -0.1) is 0 Å². The molecule has 0 radical (unpaired) electrons. The van der Waals surface area contributed by atoms with Crippen LogP contribution in [0.2, 0.25) is 0 Å². The zero-order valence-corrected chi connectivity index (χ0v) is 16.6. The highest BCUT2D eigenvalue weighted by atomic mass is 16.2. The molecule has 2 aromatic rings. The Bertz CT molecular complexity index is 888. The van der Waals surface area contributed by atoms with Gasteiger partial charge in [-0.3, -0.25) is 14.9 Å². The molecule has 2 amide bonds. The van der Waals surface area contributed by atoms with Gasteiger partial charge in [0.2, 0.25) is 11.8 Å². The highest BCUT2D eigenvalue weighted by molar-refractivity contribution is 5.99. The maximum absolute atomic E-state index is 13.3. The first-order valence-electron chi connectivity index (χ1n) is 10.4. The third kappa shape index (κ3) is 3.91. The fraction of sp³-hybridized carbons (Fsp3) is 0.391. The first-order chi connectivity index (χ1) is 14.1. The summed E-state index contributed by atoms with van der Waals surface area (Å²) in [5, 5.41) is 6.49. The Balaban J connectivity index is 1.53. The van der Waals surface area contributed by atoms with Crippen molar-refractivity contribution in [1.82, 2.24) is 5.32 Å². The summed E-state index contributed by atoms with van der Waals surface area (Å²) in [5.74, 6) is 0.105. The van der Waals surface area contributed by atoms with Gasteiger partial charge < -0.3 is 16.0 Å². The molecule has 2 aliphatic rings. The molecule has 0 aliphatic carbocycles. The van der Waals surface area contributed by atoms with E-state index in [1.807, 2.05) is 53.4 Å². The standard InChI is InChI=1S/C23H28N4O2/c24-16-17-5-3-6-18(15-17)23(12-4-13-25-23)22(29)26-19-8-10-20(11-9-19)27-14-2-1-7-21(27)28/h3,5-6,8-11,15,25H,1-2,4,7,12-14,16,24H2,(H,26,29)/t23-/m1/s1. The molecule has 0 aromatic heterocycles. The monoisotopic (exact) mass is 392 g/mol. The lowest BCUT2D eigenvalue weighted by Gasteiger charge is -2.30. The molecular formula is C23H28N4O2. The Morgan fingerprint density at radius 1 is 1.14 bits per heavy atom. The maximum Gasteiger partial charge on any atom is 0.249 e. The van der Waals surface area contributed by atoms with Crippen molar-refractivity contribution in [3.05, 3.63) is 59.7 Å². The molecule has 152 valence electrons. The van der Waals surface area contributed by atoms with Gasteiger partial charge in [0.1, 0.15) is 5.54 Å². The summed E-state index contributed by atoms with van der Waals surface area (Å²) >= 11 is 0. The fourth-order valence-electron chi connectivity index (χ4n) is 4.32. The molecule has 1 atom stereocenters. The Morgan fingerprint density at radius 3 is 2.66 bits per heavy atom. The van der Waals surface area contributed by atoms with Gasteiger partial charge in [0.25, 0.3) is 0 Å². The molecule has 0 bridgehead atoms. The number of nitrogens with one attached hydrogen (secondary N) is 2. The second-order valence-electron chi connectivity index (χ2n) is 7.84. The van der Waals surface area contributed by atoms with Crippen molar-refractivity contribution in [3.8, 4) is 0 Å². The molecule has 2 heterocycles. The number of anilines is 2. The lowest BCUT2D eigenvalue weighted by Crippen LogP contribution is -2.48. The van der Waals surface area contributed by atoms with Gasteiger partial charge in [-0.25, -0.2) is 0 Å². The average molecular weight is 393 g/mol. The molecule has 2 saturated heterocycles. The Morgan fingerprint density at radius 2 is 1.97 bits per heavy atom. The van der Waals surface area contributed by atoms with Gasteiger partial charge >= 0.3 is 0 Å². The van der Waals surface area contributed by atoms with Gasteiger partial charge in [-0.1, -0.05) is 24.3 Å². The molecule has 6 nitrogen and oxygen atoms in total. The van der Waals surface area contributed by atoms with E-state index in [0.29, 0.717) is 13.0 Å². The quantitative estimate of drug-likeness (QED) is 0.730. The summed E-state index contributed by atoms with van der Waals surface area (Å²) in [5.41, 5.74) is 8.63. The smallest absolute Gasteiger partial charge is 0.249 e. The maximum atomic E-state index is 13.3. The Labute approximate surface area is 171 Å². The van der Waals surface area contributed by atoms with E-state index in [1.165, 1.54) is 0 Å². The van der Waals surface area contributed by atoms with Crippen LogP contribution in [-0.4, -0.2) is 24.9 Å². The van der Waals surface area contributed by atoms with E-state index in [-0.39, 0.29) is 11.8 Å². The van der Waals surface area contributed by atoms with Crippen LogP contribution in [0.25, 0.3) is 0 Å². The van der Waals surface area contributed by atoms with Crippen molar-refractivity contribution < 1.29 is 9.59 Å². The largest absolute Gasteiger partial charge is 0.326 e. The second kappa shape index (κ2) is 8.35. The van der Waals surface area contributed by atoms with Crippen LogP contribution in [0.1, 0.15) is 43.2 Å². The number of nitrogens with two attached hydrogens (primary N) is 1. The third-order valence-corrected chi connectivity index (χ3v) is 5.96.